The number of nitrogens with one attached hydrogen (secondary N) is 2. The van der Waals surface area contributed by atoms with Crippen molar-refractivity contribution in [3.63, 3.8) is 0 Å². The van der Waals surface area contributed by atoms with Crippen LogP contribution in [-0.4, -0.2) is 23.0 Å². The summed E-state index contributed by atoms with van der Waals surface area (Å²) in [5.74, 6) is -2.49. The zero-order valence-electron chi connectivity index (χ0n) is 11.7. The van der Waals surface area contributed by atoms with Gasteiger partial charge in [-0.05, 0) is 23.8 Å². The summed E-state index contributed by atoms with van der Waals surface area (Å²) in [5.41, 5.74) is 0.660. The van der Waals surface area contributed by atoms with Gasteiger partial charge in [0, 0.05) is 24.6 Å². The molecule has 0 fully saturated rings. The highest BCUT2D eigenvalue weighted by Gasteiger charge is 2.38. The number of nitrogens with zero attached hydrogens (tertiary/aromatic N) is 1. The zero-order chi connectivity index (χ0) is 16.9. The van der Waals surface area contributed by atoms with Crippen LogP contribution >= 0.6 is 0 Å². The van der Waals surface area contributed by atoms with Crippen LogP contribution in [0.5, 0.6) is 0 Å². The summed E-state index contributed by atoms with van der Waals surface area (Å²) in [4.78, 5) is 26.7. The molecule has 2 aromatic rings. The quantitative estimate of drug-likeness (QED) is 0.908. The van der Waals surface area contributed by atoms with E-state index in [-0.39, 0.29) is 12.2 Å². The second kappa shape index (κ2) is 6.91. The molecule has 0 aliphatic rings. The third-order valence-electron chi connectivity index (χ3n) is 2.89. The number of amides is 2. The van der Waals surface area contributed by atoms with Crippen LogP contribution in [0.25, 0.3) is 0 Å². The number of halogens is 3. The topological polar surface area (TPSA) is 71.1 Å². The Bertz CT molecular complexity index is 703. The Kier molecular flexibility index (Phi) is 4.95. The van der Waals surface area contributed by atoms with E-state index in [4.69, 9.17) is 0 Å². The third kappa shape index (κ3) is 4.53. The minimum atomic E-state index is -4.98. The number of carbonyl (C=O) groups excluding carboxylic acids is 2. The Labute approximate surface area is 129 Å². The summed E-state index contributed by atoms with van der Waals surface area (Å²) in [6.07, 6.45) is -2.10. The lowest BCUT2D eigenvalue weighted by Gasteiger charge is -2.13. The van der Waals surface area contributed by atoms with Crippen molar-refractivity contribution in [2.24, 2.45) is 0 Å². The van der Waals surface area contributed by atoms with Crippen LogP contribution < -0.4 is 10.6 Å². The van der Waals surface area contributed by atoms with Crippen LogP contribution in [0.2, 0.25) is 0 Å². The molecule has 0 atom stereocenters. The second-order valence-electron chi connectivity index (χ2n) is 4.53. The minimum Gasteiger partial charge on any atom is -0.348 e. The number of aromatic nitrogens is 1. The maximum atomic E-state index is 12.3. The zero-order valence-corrected chi connectivity index (χ0v) is 11.7. The van der Waals surface area contributed by atoms with Crippen molar-refractivity contribution in [1.29, 1.82) is 0 Å². The summed E-state index contributed by atoms with van der Waals surface area (Å²) < 4.78 is 36.9. The van der Waals surface area contributed by atoms with Crippen LogP contribution in [0.4, 0.5) is 18.9 Å². The molecule has 2 rings (SSSR count). The summed E-state index contributed by atoms with van der Waals surface area (Å²) >= 11 is 0. The Morgan fingerprint density at radius 2 is 1.83 bits per heavy atom. The number of hydrogen-bond donors (Lipinski definition) is 2. The standard InChI is InChI=1S/C15H12F3N3O2/c16-15(17,18)14(23)21-12-6-2-1-4-10(12)9-20-13(22)11-5-3-7-19-8-11/h1-8H,9H2,(H,20,22)(H,21,23). The lowest BCUT2D eigenvalue weighted by atomic mass is 10.1. The number of anilines is 1. The van der Waals surface area contributed by atoms with Crippen LogP contribution in [-0.2, 0) is 11.3 Å². The molecule has 0 saturated heterocycles. The summed E-state index contributed by atoms with van der Waals surface area (Å²) in [6.45, 7) is -0.0396. The molecule has 2 amide bonds. The predicted molar refractivity (Wildman–Crippen MR) is 76.5 cm³/mol. The van der Waals surface area contributed by atoms with E-state index >= 15 is 0 Å². The Morgan fingerprint density at radius 1 is 1.09 bits per heavy atom. The van der Waals surface area contributed by atoms with Crippen molar-refractivity contribution in [1.82, 2.24) is 10.3 Å². The molecule has 120 valence electrons. The van der Waals surface area contributed by atoms with E-state index in [1.54, 1.807) is 23.5 Å². The summed E-state index contributed by atoms with van der Waals surface area (Å²) in [6, 6.07) is 9.06. The van der Waals surface area contributed by atoms with Crippen molar-refractivity contribution in [3.8, 4) is 0 Å². The highest BCUT2D eigenvalue weighted by atomic mass is 19.4. The minimum absolute atomic E-state index is 0.0127. The van der Waals surface area contributed by atoms with E-state index in [2.05, 4.69) is 10.3 Å². The van der Waals surface area contributed by atoms with Crippen LogP contribution in [0, 0.1) is 0 Å². The van der Waals surface area contributed by atoms with E-state index in [0.29, 0.717) is 11.1 Å². The fourth-order valence-electron chi connectivity index (χ4n) is 1.76. The van der Waals surface area contributed by atoms with E-state index in [0.717, 1.165) is 0 Å². The smallest absolute Gasteiger partial charge is 0.348 e. The van der Waals surface area contributed by atoms with Gasteiger partial charge in [-0.2, -0.15) is 13.2 Å². The molecule has 5 nitrogen and oxygen atoms in total. The number of para-hydroxylation sites is 1. The molecule has 0 bridgehead atoms. The summed E-state index contributed by atoms with van der Waals surface area (Å²) in [7, 11) is 0. The average molecular weight is 323 g/mol. The SMILES string of the molecule is O=C(NCc1ccccc1NC(=O)C(F)(F)F)c1cccnc1. The van der Waals surface area contributed by atoms with E-state index in [9.17, 15) is 22.8 Å². The van der Waals surface area contributed by atoms with Crippen molar-refractivity contribution in [2.75, 3.05) is 5.32 Å². The monoisotopic (exact) mass is 323 g/mol. The first kappa shape index (κ1) is 16.5. The molecule has 2 N–H and O–H groups in total. The van der Waals surface area contributed by atoms with Gasteiger partial charge >= 0.3 is 12.1 Å². The van der Waals surface area contributed by atoms with Gasteiger partial charge in [-0.3, -0.25) is 14.6 Å². The Morgan fingerprint density at radius 3 is 2.48 bits per heavy atom. The highest BCUT2D eigenvalue weighted by Crippen LogP contribution is 2.21. The van der Waals surface area contributed by atoms with Crippen molar-refractivity contribution in [3.05, 3.63) is 59.9 Å². The van der Waals surface area contributed by atoms with Gasteiger partial charge < -0.3 is 10.6 Å². The maximum Gasteiger partial charge on any atom is 0.471 e. The molecule has 23 heavy (non-hydrogen) atoms. The first-order valence-corrected chi connectivity index (χ1v) is 6.52. The number of carbonyl (C=O) groups is 2. The number of alkyl halides is 3. The van der Waals surface area contributed by atoms with Gasteiger partial charge in [-0.25, -0.2) is 0 Å². The second-order valence-corrected chi connectivity index (χ2v) is 4.53. The molecule has 0 radical (unpaired) electrons. The average Bonchev–Trinajstić information content (AvgIpc) is 2.53. The van der Waals surface area contributed by atoms with E-state index in [1.165, 1.54) is 30.6 Å². The normalized spacial score (nSPS) is 10.9. The lowest BCUT2D eigenvalue weighted by Crippen LogP contribution is -2.31. The molecule has 0 spiro atoms. The van der Waals surface area contributed by atoms with E-state index in [1.807, 2.05) is 0 Å². The van der Waals surface area contributed by atoms with Gasteiger partial charge in [0.1, 0.15) is 0 Å². The number of hydrogen-bond acceptors (Lipinski definition) is 3. The van der Waals surface area contributed by atoms with Crippen molar-refractivity contribution < 1.29 is 22.8 Å². The van der Waals surface area contributed by atoms with Crippen LogP contribution in [0.15, 0.2) is 48.8 Å². The molecular formula is C15H12F3N3O2. The van der Waals surface area contributed by atoms with Gasteiger partial charge in [0.15, 0.2) is 0 Å². The van der Waals surface area contributed by atoms with Gasteiger partial charge in [-0.15, -0.1) is 0 Å². The van der Waals surface area contributed by atoms with Gasteiger partial charge in [0.05, 0.1) is 5.56 Å². The molecule has 1 heterocycles. The van der Waals surface area contributed by atoms with Gasteiger partial charge in [0.2, 0.25) is 0 Å². The number of rotatable bonds is 4. The molecule has 0 aliphatic carbocycles. The number of benzene rings is 1. The maximum absolute atomic E-state index is 12.3. The predicted octanol–water partition coefficient (Wildman–Crippen LogP) is 2.51. The van der Waals surface area contributed by atoms with Crippen molar-refractivity contribution in [2.45, 2.75) is 12.7 Å². The first-order chi connectivity index (χ1) is 10.9. The van der Waals surface area contributed by atoms with Crippen molar-refractivity contribution >= 4 is 17.5 Å². The van der Waals surface area contributed by atoms with Gasteiger partial charge in [0.25, 0.3) is 5.91 Å². The van der Waals surface area contributed by atoms with Crippen LogP contribution in [0.1, 0.15) is 15.9 Å². The number of pyridine rings is 1. The molecule has 0 aliphatic heterocycles. The molecule has 0 unspecified atom stereocenters. The van der Waals surface area contributed by atoms with Crippen LogP contribution in [0.3, 0.4) is 0 Å². The first-order valence-electron chi connectivity index (χ1n) is 6.52. The third-order valence-corrected chi connectivity index (χ3v) is 2.89. The fraction of sp³-hybridized carbons (Fsp3) is 0.133. The highest BCUT2D eigenvalue weighted by molar-refractivity contribution is 5.96. The molecule has 8 heteroatoms. The Balaban J connectivity index is 2.06. The molecular weight excluding hydrogens is 311 g/mol. The fourth-order valence-corrected chi connectivity index (χ4v) is 1.76. The molecule has 1 aromatic heterocycles. The largest absolute Gasteiger partial charge is 0.471 e. The molecule has 0 saturated carbocycles. The van der Waals surface area contributed by atoms with Gasteiger partial charge in [-0.1, -0.05) is 18.2 Å². The summed E-state index contributed by atoms with van der Waals surface area (Å²) in [5, 5.41) is 4.34. The lowest BCUT2D eigenvalue weighted by molar-refractivity contribution is -0.167. The van der Waals surface area contributed by atoms with E-state index < -0.39 is 18.0 Å². The molecule has 1 aromatic carbocycles. The Hall–Kier alpha value is -2.90.